The maximum absolute atomic E-state index is 12.1. The lowest BCUT2D eigenvalue weighted by atomic mass is 9.98. The number of likely N-dealkylation sites (tertiary alicyclic amines) is 1. The predicted octanol–water partition coefficient (Wildman–Crippen LogP) is 2.65. The van der Waals surface area contributed by atoms with Crippen molar-refractivity contribution in [3.05, 3.63) is 16.1 Å². The SMILES string of the molecule is CCOC(=O)NNC(=O)c1csc(C2CCN(C(=O)OC(C)(C)C)CC2)n1. The number of hydrogen-bond acceptors (Lipinski definition) is 7. The van der Waals surface area contributed by atoms with Crippen LogP contribution < -0.4 is 10.9 Å². The second-order valence-corrected chi connectivity index (χ2v) is 8.00. The number of carbonyl (C=O) groups is 3. The van der Waals surface area contributed by atoms with Crippen LogP contribution in [0.15, 0.2) is 5.38 Å². The first-order chi connectivity index (χ1) is 12.7. The van der Waals surface area contributed by atoms with Gasteiger partial charge in [0.15, 0.2) is 0 Å². The second-order valence-electron chi connectivity index (χ2n) is 7.11. The van der Waals surface area contributed by atoms with Crippen LogP contribution >= 0.6 is 11.3 Å². The molecule has 1 aliphatic heterocycles. The van der Waals surface area contributed by atoms with Gasteiger partial charge in [-0.1, -0.05) is 0 Å². The van der Waals surface area contributed by atoms with Crippen LogP contribution in [0.3, 0.4) is 0 Å². The highest BCUT2D eigenvalue weighted by Crippen LogP contribution is 2.30. The van der Waals surface area contributed by atoms with Crippen LogP contribution in [0.5, 0.6) is 0 Å². The molecule has 2 heterocycles. The molecule has 0 aromatic carbocycles. The molecule has 1 aromatic rings. The zero-order valence-corrected chi connectivity index (χ0v) is 16.9. The Balaban J connectivity index is 1.84. The minimum atomic E-state index is -0.726. The van der Waals surface area contributed by atoms with Gasteiger partial charge in [0, 0.05) is 24.4 Å². The van der Waals surface area contributed by atoms with Crippen molar-refractivity contribution in [3.8, 4) is 0 Å². The second kappa shape index (κ2) is 9.03. The van der Waals surface area contributed by atoms with E-state index in [1.807, 2.05) is 20.8 Å². The quantitative estimate of drug-likeness (QED) is 0.758. The van der Waals surface area contributed by atoms with Gasteiger partial charge in [0.05, 0.1) is 11.6 Å². The molecule has 0 atom stereocenters. The number of thiazole rings is 1. The lowest BCUT2D eigenvalue weighted by molar-refractivity contribution is 0.0204. The van der Waals surface area contributed by atoms with Crippen LogP contribution in [-0.4, -0.2) is 53.3 Å². The molecule has 2 N–H and O–H groups in total. The Labute approximate surface area is 162 Å². The predicted molar refractivity (Wildman–Crippen MR) is 99.5 cm³/mol. The van der Waals surface area contributed by atoms with E-state index in [1.165, 1.54) is 11.3 Å². The summed E-state index contributed by atoms with van der Waals surface area (Å²) in [5.41, 5.74) is 4.13. The third-order valence-corrected chi connectivity index (χ3v) is 4.81. The van der Waals surface area contributed by atoms with Crippen molar-refractivity contribution in [1.82, 2.24) is 20.7 Å². The molecule has 0 aliphatic carbocycles. The largest absolute Gasteiger partial charge is 0.449 e. The first-order valence-corrected chi connectivity index (χ1v) is 9.74. The van der Waals surface area contributed by atoms with Gasteiger partial charge in [0.1, 0.15) is 11.3 Å². The minimum Gasteiger partial charge on any atom is -0.449 e. The lowest BCUT2D eigenvalue weighted by Gasteiger charge is -2.32. The number of piperidine rings is 1. The summed E-state index contributed by atoms with van der Waals surface area (Å²) in [5.74, 6) is -0.315. The van der Waals surface area contributed by atoms with E-state index in [2.05, 4.69) is 20.6 Å². The molecule has 0 radical (unpaired) electrons. The molecular weight excluding hydrogens is 372 g/mol. The van der Waals surface area contributed by atoms with Crippen LogP contribution in [0.25, 0.3) is 0 Å². The van der Waals surface area contributed by atoms with E-state index in [1.54, 1.807) is 17.2 Å². The number of rotatable bonds is 3. The summed E-state index contributed by atoms with van der Waals surface area (Å²) >= 11 is 1.40. The monoisotopic (exact) mass is 398 g/mol. The van der Waals surface area contributed by atoms with Crippen LogP contribution in [-0.2, 0) is 9.47 Å². The van der Waals surface area contributed by atoms with E-state index < -0.39 is 17.6 Å². The summed E-state index contributed by atoms with van der Waals surface area (Å²) in [7, 11) is 0. The Morgan fingerprint density at radius 2 is 1.93 bits per heavy atom. The highest BCUT2D eigenvalue weighted by atomic mass is 32.1. The molecule has 0 spiro atoms. The number of nitrogens with one attached hydrogen (secondary N) is 2. The zero-order valence-electron chi connectivity index (χ0n) is 16.0. The molecule has 0 saturated carbocycles. The van der Waals surface area contributed by atoms with E-state index >= 15 is 0 Å². The van der Waals surface area contributed by atoms with Crippen molar-refractivity contribution < 1.29 is 23.9 Å². The number of nitrogens with zero attached hydrogens (tertiary/aromatic N) is 2. The lowest BCUT2D eigenvalue weighted by Crippen LogP contribution is -2.42. The molecule has 1 aromatic heterocycles. The van der Waals surface area contributed by atoms with Gasteiger partial charge in [-0.15, -0.1) is 11.3 Å². The summed E-state index contributed by atoms with van der Waals surface area (Å²) in [6.45, 7) is 8.59. The van der Waals surface area contributed by atoms with E-state index in [0.717, 1.165) is 17.8 Å². The first kappa shape index (κ1) is 20.9. The van der Waals surface area contributed by atoms with E-state index in [-0.39, 0.29) is 24.3 Å². The van der Waals surface area contributed by atoms with Gasteiger partial charge in [-0.25, -0.2) is 20.0 Å². The standard InChI is InChI=1S/C17H26N4O5S/c1-5-25-15(23)20-19-13(22)12-10-27-14(18-12)11-6-8-21(9-7-11)16(24)26-17(2,3)4/h10-11H,5-9H2,1-4H3,(H,19,22)(H,20,23). The Hall–Kier alpha value is -2.36. The number of hydrazine groups is 1. The van der Waals surface area contributed by atoms with Crippen molar-refractivity contribution in [2.45, 2.75) is 52.1 Å². The maximum atomic E-state index is 12.1. The Kier molecular flexibility index (Phi) is 7.00. The van der Waals surface area contributed by atoms with Crippen LogP contribution in [0.4, 0.5) is 9.59 Å². The molecule has 1 aliphatic rings. The average molecular weight is 398 g/mol. The average Bonchev–Trinajstić information content (AvgIpc) is 3.09. The molecular formula is C17H26N4O5S. The summed E-state index contributed by atoms with van der Waals surface area (Å²) in [5, 5.41) is 2.50. The van der Waals surface area contributed by atoms with Crippen molar-refractivity contribution in [2.75, 3.05) is 19.7 Å². The van der Waals surface area contributed by atoms with Crippen molar-refractivity contribution in [3.63, 3.8) is 0 Å². The molecule has 1 saturated heterocycles. The fourth-order valence-electron chi connectivity index (χ4n) is 2.55. The summed E-state index contributed by atoms with van der Waals surface area (Å²) < 4.78 is 10.1. The molecule has 150 valence electrons. The van der Waals surface area contributed by atoms with Gasteiger partial charge >= 0.3 is 12.2 Å². The van der Waals surface area contributed by atoms with Gasteiger partial charge in [-0.3, -0.25) is 10.2 Å². The Morgan fingerprint density at radius 3 is 2.52 bits per heavy atom. The van der Waals surface area contributed by atoms with Gasteiger partial charge < -0.3 is 14.4 Å². The number of ether oxygens (including phenoxy) is 2. The molecule has 10 heteroatoms. The van der Waals surface area contributed by atoms with E-state index in [4.69, 9.17) is 4.74 Å². The van der Waals surface area contributed by atoms with Crippen LogP contribution in [0, 0.1) is 0 Å². The van der Waals surface area contributed by atoms with Gasteiger partial charge in [0.25, 0.3) is 5.91 Å². The van der Waals surface area contributed by atoms with Crippen molar-refractivity contribution >= 4 is 29.4 Å². The number of aromatic nitrogens is 1. The molecule has 2 rings (SSSR count). The fourth-order valence-corrected chi connectivity index (χ4v) is 3.53. The third-order valence-electron chi connectivity index (χ3n) is 3.80. The van der Waals surface area contributed by atoms with E-state index in [9.17, 15) is 14.4 Å². The van der Waals surface area contributed by atoms with Gasteiger partial charge in [-0.2, -0.15) is 0 Å². The van der Waals surface area contributed by atoms with E-state index in [0.29, 0.717) is 13.1 Å². The highest BCUT2D eigenvalue weighted by molar-refractivity contribution is 7.09. The topological polar surface area (TPSA) is 110 Å². The number of amides is 3. The fraction of sp³-hybridized carbons (Fsp3) is 0.647. The molecule has 27 heavy (non-hydrogen) atoms. The maximum Gasteiger partial charge on any atom is 0.426 e. The number of carbonyl (C=O) groups excluding carboxylic acids is 3. The molecule has 9 nitrogen and oxygen atoms in total. The summed E-state index contributed by atoms with van der Waals surface area (Å²) in [6, 6.07) is 0. The summed E-state index contributed by atoms with van der Waals surface area (Å²) in [6.07, 6.45) is 0.491. The molecule has 0 bridgehead atoms. The first-order valence-electron chi connectivity index (χ1n) is 8.86. The van der Waals surface area contributed by atoms with Crippen molar-refractivity contribution in [2.24, 2.45) is 0 Å². The minimum absolute atomic E-state index is 0.188. The number of hydrogen-bond donors (Lipinski definition) is 2. The smallest absolute Gasteiger partial charge is 0.426 e. The summed E-state index contributed by atoms with van der Waals surface area (Å²) in [4.78, 5) is 41.4. The third kappa shape index (κ3) is 6.38. The van der Waals surface area contributed by atoms with Crippen LogP contribution in [0.2, 0.25) is 0 Å². The van der Waals surface area contributed by atoms with Crippen LogP contribution in [0.1, 0.15) is 62.0 Å². The zero-order chi connectivity index (χ0) is 20.0. The Morgan fingerprint density at radius 1 is 1.26 bits per heavy atom. The molecule has 0 unspecified atom stereocenters. The Bertz CT molecular complexity index is 677. The highest BCUT2D eigenvalue weighted by Gasteiger charge is 2.29. The normalized spacial score (nSPS) is 15.2. The van der Waals surface area contributed by atoms with Crippen molar-refractivity contribution in [1.29, 1.82) is 0 Å². The molecule has 1 fully saturated rings. The van der Waals surface area contributed by atoms with Gasteiger partial charge in [-0.05, 0) is 40.5 Å². The van der Waals surface area contributed by atoms with Gasteiger partial charge in [0.2, 0.25) is 0 Å². The molecule has 3 amide bonds.